The summed E-state index contributed by atoms with van der Waals surface area (Å²) in [6.07, 6.45) is 1.34. The van der Waals surface area contributed by atoms with Gasteiger partial charge in [0, 0.05) is 6.07 Å². The van der Waals surface area contributed by atoms with Crippen LogP contribution in [0.25, 0.3) is 0 Å². The van der Waals surface area contributed by atoms with E-state index >= 15 is 0 Å². The Balaban J connectivity index is 1.77. The van der Waals surface area contributed by atoms with E-state index in [1.54, 1.807) is 0 Å². The number of benzene rings is 2. The van der Waals surface area contributed by atoms with Gasteiger partial charge in [0.1, 0.15) is 24.4 Å². The van der Waals surface area contributed by atoms with E-state index in [9.17, 15) is 0 Å². The summed E-state index contributed by atoms with van der Waals surface area (Å²) >= 11 is 0. The molecule has 1 aromatic heterocycles. The summed E-state index contributed by atoms with van der Waals surface area (Å²) < 4.78 is 16.7. The minimum Gasteiger partial charge on any atom is -0.488 e. The molecule has 2 N–H and O–H groups in total. The first kappa shape index (κ1) is 16.6. The van der Waals surface area contributed by atoms with Crippen molar-refractivity contribution in [1.82, 2.24) is 9.97 Å². The van der Waals surface area contributed by atoms with E-state index in [-0.39, 0.29) is 17.4 Å². The highest BCUT2D eigenvalue weighted by Gasteiger charge is 2.12. The maximum Gasteiger partial charge on any atom is 0.249 e. The van der Waals surface area contributed by atoms with Gasteiger partial charge in [-0.2, -0.15) is 9.97 Å². The molecule has 0 radical (unpaired) electrons. The molecule has 2 aromatic carbocycles. The van der Waals surface area contributed by atoms with Crippen LogP contribution in [0.2, 0.25) is 0 Å². The van der Waals surface area contributed by atoms with Crippen LogP contribution in [0.4, 0.5) is 5.69 Å². The van der Waals surface area contributed by atoms with Crippen LogP contribution in [-0.4, -0.2) is 17.1 Å². The lowest BCUT2D eigenvalue weighted by Crippen LogP contribution is -2.01. The number of rotatable bonds is 6. The topological polar surface area (TPSA) is 79.5 Å². The molecule has 0 aliphatic carbocycles. The highest BCUT2D eigenvalue weighted by molar-refractivity contribution is 5.57. The molecule has 0 fully saturated rings. The van der Waals surface area contributed by atoms with E-state index in [0.29, 0.717) is 12.4 Å². The smallest absolute Gasteiger partial charge is 0.249 e. The number of anilines is 1. The summed E-state index contributed by atoms with van der Waals surface area (Å²) in [6, 6.07) is 15.5. The fraction of sp³-hybridized carbons (Fsp3) is 0.158. The third kappa shape index (κ3) is 3.98. The van der Waals surface area contributed by atoms with Gasteiger partial charge in [0.05, 0.1) is 7.11 Å². The molecule has 0 spiro atoms. The maximum atomic E-state index is 5.94. The van der Waals surface area contributed by atoms with E-state index < -0.39 is 0 Å². The number of aryl methyl sites for hydroxylation is 1. The lowest BCUT2D eigenvalue weighted by atomic mass is 10.2. The van der Waals surface area contributed by atoms with Gasteiger partial charge in [0.2, 0.25) is 11.8 Å². The number of ether oxygens (including phenoxy) is 3. The molecule has 0 saturated heterocycles. The zero-order valence-corrected chi connectivity index (χ0v) is 14.1. The second-order valence-corrected chi connectivity index (χ2v) is 5.41. The van der Waals surface area contributed by atoms with E-state index in [2.05, 4.69) is 9.97 Å². The molecular formula is C19H19N3O3. The molecule has 6 heteroatoms. The molecule has 25 heavy (non-hydrogen) atoms. The van der Waals surface area contributed by atoms with Gasteiger partial charge in [-0.05, 0) is 24.1 Å². The van der Waals surface area contributed by atoms with Crippen molar-refractivity contribution in [2.75, 3.05) is 12.8 Å². The van der Waals surface area contributed by atoms with Crippen LogP contribution in [-0.2, 0) is 6.61 Å². The molecule has 3 aromatic rings. The summed E-state index contributed by atoms with van der Waals surface area (Å²) in [7, 11) is 1.49. The van der Waals surface area contributed by atoms with Gasteiger partial charge in [-0.3, -0.25) is 0 Å². The predicted molar refractivity (Wildman–Crippen MR) is 95.0 cm³/mol. The first-order valence-corrected chi connectivity index (χ1v) is 7.77. The number of nitrogens with zero attached hydrogens (tertiary/aromatic N) is 2. The summed E-state index contributed by atoms with van der Waals surface area (Å²) in [5, 5.41) is 0. The monoisotopic (exact) mass is 337 g/mol. The molecule has 0 saturated carbocycles. The summed E-state index contributed by atoms with van der Waals surface area (Å²) in [6.45, 7) is 2.46. The van der Waals surface area contributed by atoms with Crippen molar-refractivity contribution in [3.63, 3.8) is 0 Å². The molecule has 0 aliphatic rings. The van der Waals surface area contributed by atoms with Crippen molar-refractivity contribution in [2.24, 2.45) is 0 Å². The van der Waals surface area contributed by atoms with Crippen molar-refractivity contribution in [3.8, 4) is 23.3 Å². The third-order valence-corrected chi connectivity index (χ3v) is 3.62. The van der Waals surface area contributed by atoms with E-state index in [0.717, 1.165) is 16.9 Å². The van der Waals surface area contributed by atoms with Crippen LogP contribution < -0.4 is 19.9 Å². The average Bonchev–Trinajstić information content (AvgIpc) is 2.64. The largest absolute Gasteiger partial charge is 0.488 e. The molecule has 0 unspecified atom stereocenters. The van der Waals surface area contributed by atoms with E-state index in [1.807, 2.05) is 55.5 Å². The summed E-state index contributed by atoms with van der Waals surface area (Å²) in [5.74, 6) is 1.82. The fourth-order valence-corrected chi connectivity index (χ4v) is 2.25. The first-order valence-electron chi connectivity index (χ1n) is 7.77. The lowest BCUT2D eigenvalue weighted by Gasteiger charge is -2.13. The van der Waals surface area contributed by atoms with E-state index in [1.165, 1.54) is 13.4 Å². The van der Waals surface area contributed by atoms with Crippen LogP contribution in [0.5, 0.6) is 23.3 Å². The van der Waals surface area contributed by atoms with Crippen LogP contribution in [0.3, 0.4) is 0 Å². The number of aromatic nitrogens is 2. The van der Waals surface area contributed by atoms with Gasteiger partial charge in [0.15, 0.2) is 5.69 Å². The highest BCUT2D eigenvalue weighted by Crippen LogP contribution is 2.33. The zero-order chi connectivity index (χ0) is 17.6. The average molecular weight is 337 g/mol. The second kappa shape index (κ2) is 7.53. The standard InChI is InChI=1S/C19H19N3O3/c1-13-8-9-15(25-19-17(20)18(23-2)21-12-22-19)10-16(13)24-11-14-6-4-3-5-7-14/h3-10,12H,11,20H2,1-2H3. The van der Waals surface area contributed by atoms with Crippen LogP contribution in [0.1, 0.15) is 11.1 Å². The normalized spacial score (nSPS) is 10.3. The second-order valence-electron chi connectivity index (χ2n) is 5.41. The summed E-state index contributed by atoms with van der Waals surface area (Å²) in [4.78, 5) is 7.98. The Bertz CT molecular complexity index is 854. The number of hydrogen-bond acceptors (Lipinski definition) is 6. The molecular weight excluding hydrogens is 318 g/mol. The molecule has 0 atom stereocenters. The Morgan fingerprint density at radius 2 is 1.76 bits per heavy atom. The van der Waals surface area contributed by atoms with Crippen molar-refractivity contribution >= 4 is 5.69 Å². The number of nitrogen functional groups attached to an aromatic ring is 1. The molecule has 3 rings (SSSR count). The fourth-order valence-electron chi connectivity index (χ4n) is 2.25. The van der Waals surface area contributed by atoms with Crippen LogP contribution in [0.15, 0.2) is 54.9 Å². The van der Waals surface area contributed by atoms with Crippen LogP contribution in [0, 0.1) is 6.92 Å². The number of hydrogen-bond donors (Lipinski definition) is 1. The predicted octanol–water partition coefficient (Wildman–Crippen LogP) is 3.75. The van der Waals surface area contributed by atoms with Crippen molar-refractivity contribution in [3.05, 3.63) is 66.0 Å². The Kier molecular flexibility index (Phi) is 4.99. The molecule has 6 nitrogen and oxygen atoms in total. The Hall–Kier alpha value is -3.28. The zero-order valence-electron chi connectivity index (χ0n) is 14.1. The molecule has 128 valence electrons. The van der Waals surface area contributed by atoms with Gasteiger partial charge < -0.3 is 19.9 Å². The quantitative estimate of drug-likeness (QED) is 0.738. The van der Waals surface area contributed by atoms with Crippen LogP contribution >= 0.6 is 0 Å². The van der Waals surface area contributed by atoms with Gasteiger partial charge in [-0.1, -0.05) is 36.4 Å². The van der Waals surface area contributed by atoms with Gasteiger partial charge in [-0.25, -0.2) is 0 Å². The number of nitrogens with two attached hydrogens (primary N) is 1. The Morgan fingerprint density at radius 1 is 1.00 bits per heavy atom. The maximum absolute atomic E-state index is 5.94. The van der Waals surface area contributed by atoms with Crippen molar-refractivity contribution in [1.29, 1.82) is 0 Å². The Morgan fingerprint density at radius 3 is 2.52 bits per heavy atom. The Labute approximate surface area is 146 Å². The SMILES string of the molecule is COc1ncnc(Oc2ccc(C)c(OCc3ccccc3)c2)c1N. The molecule has 0 aliphatic heterocycles. The lowest BCUT2D eigenvalue weighted by molar-refractivity contribution is 0.302. The summed E-state index contributed by atoms with van der Waals surface area (Å²) in [5.41, 5.74) is 8.29. The minimum absolute atomic E-state index is 0.240. The molecule has 0 amide bonds. The molecule has 0 bridgehead atoms. The van der Waals surface area contributed by atoms with E-state index in [4.69, 9.17) is 19.9 Å². The first-order chi connectivity index (χ1) is 12.2. The third-order valence-electron chi connectivity index (χ3n) is 3.62. The van der Waals surface area contributed by atoms with Crippen molar-refractivity contribution in [2.45, 2.75) is 13.5 Å². The minimum atomic E-state index is 0.240. The van der Waals surface area contributed by atoms with Gasteiger partial charge >= 0.3 is 0 Å². The number of methoxy groups -OCH3 is 1. The van der Waals surface area contributed by atoms with Gasteiger partial charge in [-0.15, -0.1) is 0 Å². The van der Waals surface area contributed by atoms with Gasteiger partial charge in [0.25, 0.3) is 0 Å². The van der Waals surface area contributed by atoms with Crippen molar-refractivity contribution < 1.29 is 14.2 Å². The molecule has 1 heterocycles. The highest BCUT2D eigenvalue weighted by atomic mass is 16.5.